The third kappa shape index (κ3) is 3.28. The van der Waals surface area contributed by atoms with Crippen LogP contribution >= 0.6 is 22.9 Å². The highest BCUT2D eigenvalue weighted by molar-refractivity contribution is 7.12. The maximum absolute atomic E-state index is 13.2. The van der Waals surface area contributed by atoms with E-state index in [1.165, 1.54) is 28.4 Å². The fourth-order valence-electron chi connectivity index (χ4n) is 3.53. The summed E-state index contributed by atoms with van der Waals surface area (Å²) in [7, 11) is 0. The molecule has 1 aliphatic rings. The van der Waals surface area contributed by atoms with E-state index in [4.69, 9.17) is 11.6 Å². The Morgan fingerprint density at radius 3 is 2.47 bits per heavy atom. The highest BCUT2D eigenvalue weighted by Crippen LogP contribution is 2.43. The molecular weight excluding hydrogens is 422 g/mol. The summed E-state index contributed by atoms with van der Waals surface area (Å²) in [5.41, 5.74) is 3.08. The molecule has 0 saturated heterocycles. The second kappa shape index (κ2) is 7.63. The Morgan fingerprint density at radius 2 is 1.83 bits per heavy atom. The number of thiophene rings is 1. The highest BCUT2D eigenvalue weighted by Gasteiger charge is 2.45. The number of carbonyl (C=O) groups excluding carboxylic acids is 2. The van der Waals surface area contributed by atoms with Crippen molar-refractivity contribution in [2.24, 2.45) is 0 Å². The number of aliphatic hydroxyl groups excluding tert-OH is 1. The number of hydrogen-bond donors (Lipinski definition) is 2. The van der Waals surface area contributed by atoms with Crippen LogP contribution in [0.1, 0.15) is 32.4 Å². The first-order valence-corrected chi connectivity index (χ1v) is 10.5. The zero-order valence-corrected chi connectivity index (χ0v) is 17.8. The number of benzene rings is 2. The maximum Gasteiger partial charge on any atom is 0.294 e. The first kappa shape index (κ1) is 20.2. The molecular formula is C23H18ClNO4S. The molecule has 0 aliphatic carbocycles. The van der Waals surface area contributed by atoms with Gasteiger partial charge in [0, 0.05) is 5.69 Å². The average molecular weight is 440 g/mol. The number of aromatic hydroxyl groups is 1. The van der Waals surface area contributed by atoms with Crippen molar-refractivity contribution in [3.63, 3.8) is 0 Å². The standard InChI is InChI=1S/C23H18ClNO4S/c1-12-5-7-15(10-13(12)2)25-20(14-6-8-17(26)16(24)11-14)19(22(28)23(25)29)21(27)18-4-3-9-30-18/h3-11,20,26,28H,1-2H3. The second-order valence-corrected chi connectivity index (χ2v) is 8.48. The van der Waals surface area contributed by atoms with Crippen molar-refractivity contribution in [2.45, 2.75) is 19.9 Å². The van der Waals surface area contributed by atoms with Crippen LogP contribution in [0, 0.1) is 13.8 Å². The van der Waals surface area contributed by atoms with E-state index < -0.39 is 23.5 Å². The number of Topliss-reactive ketones (excluding diaryl/α,β-unsaturated/α-hetero) is 1. The average Bonchev–Trinajstić information content (AvgIpc) is 3.34. The Bertz CT molecular complexity index is 1200. The van der Waals surface area contributed by atoms with Crippen molar-refractivity contribution in [3.8, 4) is 5.75 Å². The van der Waals surface area contributed by atoms with Crippen molar-refractivity contribution in [1.29, 1.82) is 0 Å². The van der Waals surface area contributed by atoms with Crippen molar-refractivity contribution in [2.75, 3.05) is 4.90 Å². The summed E-state index contributed by atoms with van der Waals surface area (Å²) in [4.78, 5) is 28.1. The topological polar surface area (TPSA) is 77.8 Å². The molecule has 1 atom stereocenters. The van der Waals surface area contributed by atoms with E-state index in [9.17, 15) is 19.8 Å². The van der Waals surface area contributed by atoms with Crippen LogP contribution in [0.25, 0.3) is 0 Å². The molecule has 1 unspecified atom stereocenters. The predicted octanol–water partition coefficient (Wildman–Crippen LogP) is 5.51. The molecule has 0 spiro atoms. The van der Waals surface area contributed by atoms with E-state index in [0.29, 0.717) is 16.1 Å². The van der Waals surface area contributed by atoms with Crippen LogP contribution in [-0.2, 0) is 4.79 Å². The Morgan fingerprint density at radius 1 is 1.07 bits per heavy atom. The van der Waals surface area contributed by atoms with Crippen LogP contribution in [0.15, 0.2) is 65.2 Å². The molecule has 1 amide bonds. The number of anilines is 1. The van der Waals surface area contributed by atoms with Gasteiger partial charge in [-0.15, -0.1) is 11.3 Å². The van der Waals surface area contributed by atoms with Gasteiger partial charge in [-0.05, 0) is 66.2 Å². The minimum absolute atomic E-state index is 0.0116. The number of carbonyl (C=O) groups is 2. The molecule has 30 heavy (non-hydrogen) atoms. The van der Waals surface area contributed by atoms with Gasteiger partial charge < -0.3 is 10.2 Å². The van der Waals surface area contributed by atoms with Crippen LogP contribution in [0.4, 0.5) is 5.69 Å². The fraction of sp³-hybridized carbons (Fsp3) is 0.130. The van der Waals surface area contributed by atoms with Crippen LogP contribution in [-0.4, -0.2) is 21.9 Å². The number of rotatable bonds is 4. The highest BCUT2D eigenvalue weighted by atomic mass is 35.5. The Balaban J connectivity index is 1.91. The number of aryl methyl sites for hydroxylation is 2. The van der Waals surface area contributed by atoms with Gasteiger partial charge in [-0.3, -0.25) is 14.5 Å². The lowest BCUT2D eigenvalue weighted by Gasteiger charge is -2.27. The van der Waals surface area contributed by atoms with Crippen LogP contribution < -0.4 is 4.90 Å². The van der Waals surface area contributed by atoms with E-state index in [0.717, 1.165) is 11.1 Å². The van der Waals surface area contributed by atoms with E-state index >= 15 is 0 Å². The summed E-state index contributed by atoms with van der Waals surface area (Å²) in [6, 6.07) is 12.5. The van der Waals surface area contributed by atoms with Crippen LogP contribution in [0.5, 0.6) is 5.75 Å². The molecule has 0 bridgehead atoms. The first-order chi connectivity index (χ1) is 14.3. The summed E-state index contributed by atoms with van der Waals surface area (Å²) in [6.45, 7) is 3.89. The van der Waals surface area contributed by atoms with Crippen molar-refractivity contribution in [1.82, 2.24) is 0 Å². The minimum Gasteiger partial charge on any atom is -0.506 e. The minimum atomic E-state index is -0.882. The van der Waals surface area contributed by atoms with Gasteiger partial charge in [0.15, 0.2) is 5.76 Å². The molecule has 152 valence electrons. The fourth-order valence-corrected chi connectivity index (χ4v) is 4.39. The summed E-state index contributed by atoms with van der Waals surface area (Å²) >= 11 is 7.35. The third-order valence-electron chi connectivity index (χ3n) is 5.25. The van der Waals surface area contributed by atoms with Crippen molar-refractivity contribution in [3.05, 3.63) is 91.8 Å². The van der Waals surface area contributed by atoms with E-state index in [1.807, 2.05) is 26.0 Å². The molecule has 7 heteroatoms. The number of phenols is 1. The number of halogens is 1. The van der Waals surface area contributed by atoms with Gasteiger partial charge >= 0.3 is 0 Å². The normalized spacial score (nSPS) is 16.4. The predicted molar refractivity (Wildman–Crippen MR) is 118 cm³/mol. The summed E-state index contributed by atoms with van der Waals surface area (Å²) in [6.07, 6.45) is 0. The van der Waals surface area contributed by atoms with E-state index in [2.05, 4.69) is 0 Å². The molecule has 0 radical (unpaired) electrons. The van der Waals surface area contributed by atoms with Gasteiger partial charge in [0.05, 0.1) is 21.5 Å². The zero-order chi connectivity index (χ0) is 21.6. The Hall–Kier alpha value is -3.09. The Labute approximate surface area is 182 Å². The van der Waals surface area contributed by atoms with Crippen LogP contribution in [0.2, 0.25) is 5.02 Å². The molecule has 5 nitrogen and oxygen atoms in total. The largest absolute Gasteiger partial charge is 0.506 e. The summed E-state index contributed by atoms with van der Waals surface area (Å²) in [5.74, 6) is -1.77. The van der Waals surface area contributed by atoms with Gasteiger partial charge in [0.25, 0.3) is 5.91 Å². The summed E-state index contributed by atoms with van der Waals surface area (Å²) in [5, 5.41) is 22.4. The van der Waals surface area contributed by atoms with Gasteiger partial charge in [-0.25, -0.2) is 0 Å². The smallest absolute Gasteiger partial charge is 0.294 e. The maximum atomic E-state index is 13.2. The molecule has 4 rings (SSSR count). The zero-order valence-electron chi connectivity index (χ0n) is 16.2. The lowest BCUT2D eigenvalue weighted by molar-refractivity contribution is -0.117. The quantitative estimate of drug-likeness (QED) is 0.525. The number of nitrogens with zero attached hydrogens (tertiary/aromatic N) is 1. The number of phenolic OH excluding ortho intramolecular Hbond substituents is 1. The number of ketones is 1. The molecule has 2 aromatic carbocycles. The van der Waals surface area contributed by atoms with E-state index in [1.54, 1.807) is 29.6 Å². The SMILES string of the molecule is Cc1ccc(N2C(=O)C(O)=C(C(=O)c3cccs3)C2c2ccc(O)c(Cl)c2)cc1C. The molecule has 2 heterocycles. The monoisotopic (exact) mass is 439 g/mol. The number of amides is 1. The van der Waals surface area contributed by atoms with E-state index in [-0.39, 0.29) is 16.3 Å². The third-order valence-corrected chi connectivity index (χ3v) is 6.43. The molecule has 3 aromatic rings. The molecule has 2 N–H and O–H groups in total. The van der Waals surface area contributed by atoms with Crippen LogP contribution in [0.3, 0.4) is 0 Å². The molecule has 1 aromatic heterocycles. The lowest BCUT2D eigenvalue weighted by Crippen LogP contribution is -2.31. The summed E-state index contributed by atoms with van der Waals surface area (Å²) < 4.78 is 0. The molecule has 0 saturated carbocycles. The number of aliphatic hydroxyl groups is 1. The van der Waals surface area contributed by atoms with Crippen molar-refractivity contribution < 1.29 is 19.8 Å². The van der Waals surface area contributed by atoms with Crippen molar-refractivity contribution >= 4 is 40.3 Å². The molecule has 0 fully saturated rings. The lowest BCUT2D eigenvalue weighted by atomic mass is 9.95. The Kier molecular flexibility index (Phi) is 5.13. The van der Waals surface area contributed by atoms with Gasteiger partial charge in [-0.2, -0.15) is 0 Å². The first-order valence-electron chi connectivity index (χ1n) is 9.20. The number of hydrogen-bond acceptors (Lipinski definition) is 5. The van der Waals surface area contributed by atoms with Gasteiger partial charge in [-0.1, -0.05) is 29.8 Å². The molecule has 1 aliphatic heterocycles. The second-order valence-electron chi connectivity index (χ2n) is 7.13. The van der Waals surface area contributed by atoms with Gasteiger partial charge in [0.2, 0.25) is 5.78 Å². The van der Waals surface area contributed by atoms with Gasteiger partial charge in [0.1, 0.15) is 5.75 Å².